The van der Waals surface area contributed by atoms with Crippen LogP contribution >= 0.6 is 0 Å². The highest BCUT2D eigenvalue weighted by atomic mass is 19.1. The molecule has 2 atom stereocenters. The van der Waals surface area contributed by atoms with Crippen molar-refractivity contribution in [3.8, 4) is 5.75 Å². The summed E-state index contributed by atoms with van der Waals surface area (Å²) in [4.78, 5) is 0. The maximum atomic E-state index is 12.6. The molecule has 0 aliphatic rings. The Morgan fingerprint density at radius 1 is 1.33 bits per heavy atom. The average Bonchev–Trinajstić information content (AvgIpc) is 2.26. The third kappa shape index (κ3) is 3.88. The molecule has 0 aliphatic carbocycles. The van der Waals surface area contributed by atoms with E-state index in [4.69, 9.17) is 10.5 Å². The summed E-state index contributed by atoms with van der Waals surface area (Å²) in [7, 11) is 0. The molecule has 1 aromatic rings. The molecule has 0 aliphatic heterocycles. The first-order valence-electron chi connectivity index (χ1n) is 5.27. The Labute approximate surface area is 90.2 Å². The number of ether oxygens (including phenoxy) is 1. The first kappa shape index (κ1) is 12.0. The largest absolute Gasteiger partial charge is 0.492 e. The Bertz CT molecular complexity index is 286. The van der Waals surface area contributed by atoms with Crippen LogP contribution in [-0.2, 0) is 0 Å². The number of benzene rings is 1. The summed E-state index contributed by atoms with van der Waals surface area (Å²) >= 11 is 0. The van der Waals surface area contributed by atoms with Crippen molar-refractivity contribution in [3.63, 3.8) is 0 Å². The van der Waals surface area contributed by atoms with E-state index in [2.05, 4.69) is 13.8 Å². The van der Waals surface area contributed by atoms with Crippen LogP contribution in [-0.4, -0.2) is 12.6 Å². The Hall–Kier alpha value is -1.09. The van der Waals surface area contributed by atoms with E-state index in [-0.39, 0.29) is 11.9 Å². The second-order valence-corrected chi connectivity index (χ2v) is 3.81. The van der Waals surface area contributed by atoms with Crippen LogP contribution in [0.25, 0.3) is 0 Å². The normalized spacial score (nSPS) is 14.7. The predicted octanol–water partition coefficient (Wildman–Crippen LogP) is 2.58. The molecule has 0 spiro atoms. The van der Waals surface area contributed by atoms with E-state index in [9.17, 15) is 4.39 Å². The minimum Gasteiger partial charge on any atom is -0.492 e. The topological polar surface area (TPSA) is 35.2 Å². The zero-order valence-corrected chi connectivity index (χ0v) is 9.24. The lowest BCUT2D eigenvalue weighted by atomic mass is 10.0. The Morgan fingerprint density at radius 2 is 1.93 bits per heavy atom. The van der Waals surface area contributed by atoms with Crippen molar-refractivity contribution in [2.45, 2.75) is 26.3 Å². The van der Waals surface area contributed by atoms with Gasteiger partial charge in [0.25, 0.3) is 0 Å². The third-order valence-electron chi connectivity index (χ3n) is 2.63. The summed E-state index contributed by atoms with van der Waals surface area (Å²) in [5.74, 6) is 0.842. The van der Waals surface area contributed by atoms with Crippen LogP contribution in [0.4, 0.5) is 4.39 Å². The fourth-order valence-electron chi connectivity index (χ4n) is 1.19. The van der Waals surface area contributed by atoms with Crippen LogP contribution in [0.2, 0.25) is 0 Å². The van der Waals surface area contributed by atoms with Crippen molar-refractivity contribution in [1.29, 1.82) is 0 Å². The lowest BCUT2D eigenvalue weighted by molar-refractivity contribution is 0.250. The molecule has 0 amide bonds. The number of halogens is 1. The summed E-state index contributed by atoms with van der Waals surface area (Å²) in [6, 6.07) is 6.01. The number of nitrogens with two attached hydrogens (primary N) is 1. The smallest absolute Gasteiger partial charge is 0.123 e. The minimum atomic E-state index is -0.256. The summed E-state index contributed by atoms with van der Waals surface area (Å²) in [6.45, 7) is 4.67. The molecule has 0 bridgehead atoms. The maximum Gasteiger partial charge on any atom is 0.123 e. The molecule has 0 aromatic heterocycles. The second-order valence-electron chi connectivity index (χ2n) is 3.81. The Morgan fingerprint density at radius 3 is 2.47 bits per heavy atom. The number of hydrogen-bond acceptors (Lipinski definition) is 2. The van der Waals surface area contributed by atoms with Gasteiger partial charge in [-0.15, -0.1) is 0 Å². The molecule has 1 rings (SSSR count). The van der Waals surface area contributed by atoms with Gasteiger partial charge in [-0.05, 0) is 30.2 Å². The van der Waals surface area contributed by atoms with Crippen molar-refractivity contribution >= 4 is 0 Å². The monoisotopic (exact) mass is 211 g/mol. The van der Waals surface area contributed by atoms with Gasteiger partial charge in [-0.2, -0.15) is 0 Å². The minimum absolute atomic E-state index is 0.0278. The van der Waals surface area contributed by atoms with Crippen LogP contribution in [0.1, 0.15) is 20.3 Å². The molecule has 0 unspecified atom stereocenters. The highest BCUT2D eigenvalue weighted by molar-refractivity contribution is 5.22. The van der Waals surface area contributed by atoms with Gasteiger partial charge < -0.3 is 10.5 Å². The number of hydrogen-bond donors (Lipinski definition) is 1. The van der Waals surface area contributed by atoms with Crippen LogP contribution in [0, 0.1) is 11.7 Å². The predicted molar refractivity (Wildman–Crippen MR) is 59.3 cm³/mol. The molecule has 15 heavy (non-hydrogen) atoms. The standard InChI is InChI=1S/C12H18FNO/c1-3-9(2)12(14)8-15-11-6-4-10(13)5-7-11/h4-7,9,12H,3,8,14H2,1-2H3/t9-,12-/m0/s1. The quantitative estimate of drug-likeness (QED) is 0.812. The molecule has 84 valence electrons. The van der Waals surface area contributed by atoms with Gasteiger partial charge in [-0.1, -0.05) is 20.3 Å². The maximum absolute atomic E-state index is 12.6. The third-order valence-corrected chi connectivity index (χ3v) is 2.63. The molecule has 0 fully saturated rings. The van der Waals surface area contributed by atoms with Gasteiger partial charge in [0.05, 0.1) is 0 Å². The first-order valence-corrected chi connectivity index (χ1v) is 5.27. The molecule has 2 N–H and O–H groups in total. The van der Waals surface area contributed by atoms with Gasteiger partial charge in [-0.3, -0.25) is 0 Å². The van der Waals surface area contributed by atoms with Gasteiger partial charge >= 0.3 is 0 Å². The summed E-state index contributed by atoms with van der Waals surface area (Å²) in [5, 5.41) is 0. The second kappa shape index (κ2) is 5.71. The van der Waals surface area contributed by atoms with E-state index in [0.717, 1.165) is 6.42 Å². The summed E-state index contributed by atoms with van der Waals surface area (Å²) < 4.78 is 18.0. The Kier molecular flexibility index (Phi) is 4.56. The van der Waals surface area contributed by atoms with Gasteiger partial charge in [0, 0.05) is 6.04 Å². The molecular formula is C12H18FNO. The van der Waals surface area contributed by atoms with Gasteiger partial charge in [-0.25, -0.2) is 4.39 Å². The fourth-order valence-corrected chi connectivity index (χ4v) is 1.19. The van der Waals surface area contributed by atoms with Crippen molar-refractivity contribution in [1.82, 2.24) is 0 Å². The van der Waals surface area contributed by atoms with Crippen LogP contribution in [0.3, 0.4) is 0 Å². The Balaban J connectivity index is 2.40. The first-order chi connectivity index (χ1) is 7.13. The van der Waals surface area contributed by atoms with Crippen LogP contribution in [0.5, 0.6) is 5.75 Å². The lowest BCUT2D eigenvalue weighted by Gasteiger charge is -2.18. The fraction of sp³-hybridized carbons (Fsp3) is 0.500. The van der Waals surface area contributed by atoms with Gasteiger partial charge in [0.1, 0.15) is 18.2 Å². The van der Waals surface area contributed by atoms with Crippen molar-refractivity contribution in [3.05, 3.63) is 30.1 Å². The molecule has 0 saturated carbocycles. The van der Waals surface area contributed by atoms with Gasteiger partial charge in [0.2, 0.25) is 0 Å². The highest BCUT2D eigenvalue weighted by Crippen LogP contribution is 2.13. The van der Waals surface area contributed by atoms with E-state index >= 15 is 0 Å². The molecule has 2 nitrogen and oxygen atoms in total. The molecule has 0 heterocycles. The zero-order valence-electron chi connectivity index (χ0n) is 9.24. The van der Waals surface area contributed by atoms with Crippen LogP contribution in [0.15, 0.2) is 24.3 Å². The van der Waals surface area contributed by atoms with E-state index in [1.165, 1.54) is 12.1 Å². The molecule has 0 radical (unpaired) electrons. The average molecular weight is 211 g/mol. The molecule has 1 aromatic carbocycles. The van der Waals surface area contributed by atoms with Crippen LogP contribution < -0.4 is 10.5 Å². The van der Waals surface area contributed by atoms with Gasteiger partial charge in [0.15, 0.2) is 0 Å². The molecule has 0 saturated heterocycles. The van der Waals surface area contributed by atoms with Crippen molar-refractivity contribution < 1.29 is 9.13 Å². The van der Waals surface area contributed by atoms with Crippen molar-refractivity contribution in [2.24, 2.45) is 11.7 Å². The van der Waals surface area contributed by atoms with E-state index in [0.29, 0.717) is 18.3 Å². The van der Waals surface area contributed by atoms with Crippen molar-refractivity contribution in [2.75, 3.05) is 6.61 Å². The molecular weight excluding hydrogens is 193 g/mol. The SMILES string of the molecule is CC[C@H](C)[C@@H](N)COc1ccc(F)cc1. The summed E-state index contributed by atoms with van der Waals surface area (Å²) in [6.07, 6.45) is 1.04. The lowest BCUT2D eigenvalue weighted by Crippen LogP contribution is -2.34. The number of rotatable bonds is 5. The summed E-state index contributed by atoms with van der Waals surface area (Å²) in [5.41, 5.74) is 5.91. The van der Waals surface area contributed by atoms with E-state index in [1.54, 1.807) is 12.1 Å². The zero-order chi connectivity index (χ0) is 11.3. The highest BCUT2D eigenvalue weighted by Gasteiger charge is 2.11. The molecule has 3 heteroatoms. The van der Waals surface area contributed by atoms with E-state index in [1.807, 2.05) is 0 Å². The van der Waals surface area contributed by atoms with E-state index < -0.39 is 0 Å².